The van der Waals surface area contributed by atoms with Gasteiger partial charge in [0.1, 0.15) is 18.2 Å². The van der Waals surface area contributed by atoms with Gasteiger partial charge < -0.3 is 20.7 Å². The van der Waals surface area contributed by atoms with E-state index < -0.39 is 0 Å². The molecule has 1 aromatic carbocycles. The van der Waals surface area contributed by atoms with Crippen molar-refractivity contribution >= 4 is 22.8 Å². The number of fused-ring (bicyclic) bond motifs is 1. The first kappa shape index (κ1) is 21.3. The van der Waals surface area contributed by atoms with Crippen LogP contribution in [0, 0.1) is 5.82 Å². The number of halogens is 1. The van der Waals surface area contributed by atoms with Gasteiger partial charge in [-0.2, -0.15) is 5.10 Å². The van der Waals surface area contributed by atoms with E-state index in [9.17, 15) is 4.39 Å². The van der Waals surface area contributed by atoms with E-state index in [1.807, 2.05) is 20.9 Å². The van der Waals surface area contributed by atoms with Gasteiger partial charge in [0.05, 0.1) is 18.1 Å². The maximum atomic E-state index is 13.7. The second-order valence-corrected chi connectivity index (χ2v) is 6.66. The Balaban J connectivity index is 1.49. The van der Waals surface area contributed by atoms with Crippen molar-refractivity contribution in [3.63, 3.8) is 0 Å². The van der Waals surface area contributed by atoms with Crippen LogP contribution in [0.3, 0.4) is 0 Å². The van der Waals surface area contributed by atoms with Crippen LogP contribution in [0.5, 0.6) is 5.75 Å². The van der Waals surface area contributed by atoms with Crippen LogP contribution >= 0.6 is 0 Å². The van der Waals surface area contributed by atoms with Gasteiger partial charge in [0.25, 0.3) is 0 Å². The monoisotopic (exact) mass is 414 g/mol. The number of benzene rings is 1. The molecular weight excluding hydrogens is 387 g/mol. The Morgan fingerprint density at radius 3 is 2.87 bits per heavy atom. The summed E-state index contributed by atoms with van der Waals surface area (Å²) in [7, 11) is 1.84. The molecule has 3 aromatic rings. The number of aryl methyl sites for hydroxylation is 1. The Morgan fingerprint density at radius 1 is 1.23 bits per heavy atom. The lowest BCUT2D eigenvalue weighted by Crippen LogP contribution is -2.40. The fourth-order valence-electron chi connectivity index (χ4n) is 2.82. The number of guanidine groups is 1. The zero-order valence-electron chi connectivity index (χ0n) is 17.4. The molecule has 0 radical (unpaired) electrons. The molecule has 9 nitrogen and oxygen atoms in total. The number of aromatic nitrogens is 4. The molecule has 3 rings (SSSR count). The van der Waals surface area contributed by atoms with Crippen molar-refractivity contribution in [3.05, 3.63) is 42.6 Å². The van der Waals surface area contributed by atoms with E-state index in [1.165, 1.54) is 12.4 Å². The van der Waals surface area contributed by atoms with Crippen molar-refractivity contribution in [3.8, 4) is 5.75 Å². The molecule has 1 unspecified atom stereocenters. The average molecular weight is 414 g/mol. The fourth-order valence-corrected chi connectivity index (χ4v) is 2.82. The lowest BCUT2D eigenvalue weighted by molar-refractivity contribution is 0.220. The van der Waals surface area contributed by atoms with E-state index >= 15 is 0 Å². The van der Waals surface area contributed by atoms with Crippen LogP contribution in [0.4, 0.5) is 10.2 Å². The van der Waals surface area contributed by atoms with Gasteiger partial charge in [-0.05, 0) is 26.0 Å². The van der Waals surface area contributed by atoms with Crippen LogP contribution in [-0.4, -0.2) is 58.0 Å². The van der Waals surface area contributed by atoms with Crippen LogP contribution in [0.2, 0.25) is 0 Å². The molecule has 0 saturated heterocycles. The summed E-state index contributed by atoms with van der Waals surface area (Å²) in [5.74, 6) is 1.26. The minimum absolute atomic E-state index is 0.230. The maximum Gasteiger partial charge on any atom is 0.191 e. The summed E-state index contributed by atoms with van der Waals surface area (Å²) < 4.78 is 21.0. The number of nitrogens with one attached hydrogen (secondary N) is 3. The second kappa shape index (κ2) is 10.4. The summed E-state index contributed by atoms with van der Waals surface area (Å²) >= 11 is 0. The molecule has 160 valence electrons. The average Bonchev–Trinajstić information content (AvgIpc) is 3.12. The third kappa shape index (κ3) is 5.56. The molecule has 0 fully saturated rings. The van der Waals surface area contributed by atoms with Crippen LogP contribution < -0.4 is 20.7 Å². The molecule has 2 heterocycles. The van der Waals surface area contributed by atoms with Crippen LogP contribution in [-0.2, 0) is 7.05 Å². The van der Waals surface area contributed by atoms with Crippen molar-refractivity contribution in [2.24, 2.45) is 12.0 Å². The Morgan fingerprint density at radius 2 is 2.07 bits per heavy atom. The normalized spacial score (nSPS) is 12.6. The van der Waals surface area contributed by atoms with Gasteiger partial charge in [0.2, 0.25) is 0 Å². The van der Waals surface area contributed by atoms with E-state index in [-0.39, 0.29) is 17.7 Å². The summed E-state index contributed by atoms with van der Waals surface area (Å²) in [4.78, 5) is 13.0. The molecule has 3 N–H and O–H groups in total. The zero-order valence-corrected chi connectivity index (χ0v) is 17.4. The molecule has 0 bridgehead atoms. The van der Waals surface area contributed by atoms with Gasteiger partial charge >= 0.3 is 0 Å². The molecule has 1 atom stereocenters. The van der Waals surface area contributed by atoms with Crippen molar-refractivity contribution < 1.29 is 9.13 Å². The molecular formula is C20H27FN8O. The standard InChI is InChI=1S/C20H27FN8O/c1-4-22-20(25-11-14(2)30-17-8-6-5-7-16(17)21)24-10-9-23-18-15-12-28-29(3)19(15)27-13-26-18/h5-8,12-14H,4,9-11H2,1-3H3,(H2,22,24,25)(H,23,26,27). The smallest absolute Gasteiger partial charge is 0.191 e. The highest BCUT2D eigenvalue weighted by Gasteiger charge is 2.09. The topological polar surface area (TPSA) is 101 Å². The summed E-state index contributed by atoms with van der Waals surface area (Å²) in [6, 6.07) is 6.36. The molecule has 0 saturated carbocycles. The lowest BCUT2D eigenvalue weighted by atomic mass is 10.3. The Hall–Kier alpha value is -3.43. The number of nitrogens with zero attached hydrogens (tertiary/aromatic N) is 5. The SMILES string of the molecule is CCNC(=NCC(C)Oc1ccccc1F)NCCNc1ncnc2c1cnn2C. The summed E-state index contributed by atoms with van der Waals surface area (Å²) in [5, 5.41) is 14.8. The molecule has 0 amide bonds. The fraction of sp³-hybridized carbons (Fsp3) is 0.400. The van der Waals surface area contributed by atoms with Gasteiger partial charge in [-0.3, -0.25) is 4.68 Å². The third-order valence-electron chi connectivity index (χ3n) is 4.25. The Labute approximate surface area is 174 Å². The second-order valence-electron chi connectivity index (χ2n) is 6.66. The number of hydrogen-bond acceptors (Lipinski definition) is 6. The minimum atomic E-state index is -0.378. The third-order valence-corrected chi connectivity index (χ3v) is 4.25. The van der Waals surface area contributed by atoms with E-state index in [2.05, 4.69) is 36.0 Å². The molecule has 0 aliphatic carbocycles. The first-order chi connectivity index (χ1) is 14.6. The van der Waals surface area contributed by atoms with Gasteiger partial charge in [0, 0.05) is 26.7 Å². The number of ether oxygens (including phenoxy) is 1. The molecule has 2 aromatic heterocycles. The number of rotatable bonds is 9. The molecule has 0 aliphatic rings. The van der Waals surface area contributed by atoms with Crippen molar-refractivity contribution in [1.82, 2.24) is 30.4 Å². The van der Waals surface area contributed by atoms with E-state index in [1.54, 1.807) is 29.1 Å². The zero-order chi connectivity index (χ0) is 21.3. The van der Waals surface area contributed by atoms with Crippen molar-refractivity contribution in [1.29, 1.82) is 0 Å². The van der Waals surface area contributed by atoms with Gasteiger partial charge in [0.15, 0.2) is 23.2 Å². The summed E-state index contributed by atoms with van der Waals surface area (Å²) in [6.07, 6.45) is 2.99. The maximum absolute atomic E-state index is 13.7. The van der Waals surface area contributed by atoms with Crippen LogP contribution in [0.15, 0.2) is 41.8 Å². The highest BCUT2D eigenvalue weighted by atomic mass is 19.1. The minimum Gasteiger partial charge on any atom is -0.486 e. The number of aliphatic imine (C=N–C) groups is 1. The highest BCUT2D eigenvalue weighted by Crippen LogP contribution is 2.18. The quantitative estimate of drug-likeness (QED) is 0.279. The molecule has 0 spiro atoms. The predicted molar refractivity (Wildman–Crippen MR) is 115 cm³/mol. The highest BCUT2D eigenvalue weighted by molar-refractivity contribution is 5.86. The van der Waals surface area contributed by atoms with Gasteiger partial charge in [-0.1, -0.05) is 12.1 Å². The predicted octanol–water partition coefficient (Wildman–Crippen LogP) is 1.94. The van der Waals surface area contributed by atoms with Crippen LogP contribution in [0.25, 0.3) is 11.0 Å². The molecule has 30 heavy (non-hydrogen) atoms. The molecule has 0 aliphatic heterocycles. The first-order valence-corrected chi connectivity index (χ1v) is 9.88. The largest absolute Gasteiger partial charge is 0.486 e. The molecule has 10 heteroatoms. The Bertz CT molecular complexity index is 990. The van der Waals surface area contributed by atoms with Gasteiger partial charge in [-0.25, -0.2) is 19.4 Å². The lowest BCUT2D eigenvalue weighted by Gasteiger charge is -2.15. The number of hydrogen-bond donors (Lipinski definition) is 3. The van der Waals surface area contributed by atoms with E-state index in [0.29, 0.717) is 25.6 Å². The van der Waals surface area contributed by atoms with Crippen molar-refractivity contribution in [2.75, 3.05) is 31.5 Å². The number of para-hydroxylation sites is 1. The summed E-state index contributed by atoms with van der Waals surface area (Å²) in [5.41, 5.74) is 0.777. The van der Waals surface area contributed by atoms with E-state index in [0.717, 1.165) is 23.4 Å². The van der Waals surface area contributed by atoms with Crippen LogP contribution in [0.1, 0.15) is 13.8 Å². The number of anilines is 1. The van der Waals surface area contributed by atoms with Crippen molar-refractivity contribution in [2.45, 2.75) is 20.0 Å². The van der Waals surface area contributed by atoms with Gasteiger partial charge in [-0.15, -0.1) is 0 Å². The first-order valence-electron chi connectivity index (χ1n) is 9.88. The van der Waals surface area contributed by atoms with E-state index in [4.69, 9.17) is 4.74 Å². The Kier molecular flexibility index (Phi) is 7.36. The summed E-state index contributed by atoms with van der Waals surface area (Å²) in [6.45, 7) is 6.22.